The van der Waals surface area contributed by atoms with Gasteiger partial charge >= 0.3 is 0 Å². The zero-order valence-electron chi connectivity index (χ0n) is 14.7. The number of carbonyl (C=O) groups is 1. The number of carbonyl (C=O) groups excluding carboxylic acids is 1. The Labute approximate surface area is 156 Å². The van der Waals surface area contributed by atoms with Gasteiger partial charge in [-0.15, -0.1) is 0 Å². The van der Waals surface area contributed by atoms with E-state index in [-0.39, 0.29) is 11.1 Å². The van der Waals surface area contributed by atoms with Gasteiger partial charge in [0.15, 0.2) is 5.17 Å². The molecule has 0 radical (unpaired) electrons. The molecule has 1 aliphatic heterocycles. The van der Waals surface area contributed by atoms with Crippen LogP contribution in [0.3, 0.4) is 0 Å². The van der Waals surface area contributed by atoms with Gasteiger partial charge in [-0.3, -0.25) is 10.2 Å². The summed E-state index contributed by atoms with van der Waals surface area (Å²) < 4.78 is 11.6. The molecular weight excluding hydrogens is 348 g/mol. The predicted molar refractivity (Wildman–Crippen MR) is 105 cm³/mol. The van der Waals surface area contributed by atoms with E-state index in [1.165, 1.54) is 0 Å². The van der Waals surface area contributed by atoms with Gasteiger partial charge in [0.25, 0.3) is 5.91 Å². The van der Waals surface area contributed by atoms with Crippen LogP contribution >= 0.6 is 11.8 Å². The average molecular weight is 368 g/mol. The average Bonchev–Trinajstić information content (AvgIpc) is 2.89. The Kier molecular flexibility index (Phi) is 5.63. The Balaban J connectivity index is 1.61. The maximum atomic E-state index is 11.8. The topological polar surface area (TPSA) is 71.4 Å². The van der Waals surface area contributed by atoms with Crippen LogP contribution in [0, 0.1) is 19.3 Å². The number of aryl methyl sites for hydroxylation is 2. The van der Waals surface area contributed by atoms with E-state index in [0.29, 0.717) is 23.9 Å². The molecule has 26 heavy (non-hydrogen) atoms. The number of amidine groups is 1. The van der Waals surface area contributed by atoms with Crippen molar-refractivity contribution in [1.29, 1.82) is 5.41 Å². The molecule has 2 N–H and O–H groups in total. The highest BCUT2D eigenvalue weighted by Crippen LogP contribution is 2.28. The molecule has 5 nitrogen and oxygen atoms in total. The number of amides is 1. The lowest BCUT2D eigenvalue weighted by Crippen LogP contribution is -2.18. The van der Waals surface area contributed by atoms with Crippen molar-refractivity contribution in [2.24, 2.45) is 0 Å². The summed E-state index contributed by atoms with van der Waals surface area (Å²) in [5.74, 6) is 1.25. The molecule has 6 heteroatoms. The van der Waals surface area contributed by atoms with Crippen LogP contribution in [0.15, 0.2) is 47.4 Å². The molecule has 1 heterocycles. The van der Waals surface area contributed by atoms with Crippen molar-refractivity contribution in [3.05, 3.63) is 64.1 Å². The number of rotatable bonds is 6. The molecule has 2 aromatic carbocycles. The van der Waals surface area contributed by atoms with Gasteiger partial charge in [-0.2, -0.15) is 0 Å². The van der Waals surface area contributed by atoms with Crippen molar-refractivity contribution >= 4 is 28.9 Å². The summed E-state index contributed by atoms with van der Waals surface area (Å²) in [5, 5.41) is 10.1. The fourth-order valence-corrected chi connectivity index (χ4v) is 3.33. The first-order valence-electron chi connectivity index (χ1n) is 8.23. The quantitative estimate of drug-likeness (QED) is 0.599. The van der Waals surface area contributed by atoms with Crippen molar-refractivity contribution in [2.45, 2.75) is 13.8 Å². The third-order valence-corrected chi connectivity index (χ3v) is 4.50. The number of ether oxygens (including phenoxy) is 2. The van der Waals surface area contributed by atoms with Gasteiger partial charge in [0.2, 0.25) is 0 Å². The molecule has 0 aliphatic carbocycles. The molecule has 0 aromatic heterocycles. The molecular formula is C20H20N2O3S. The molecule has 0 spiro atoms. The van der Waals surface area contributed by atoms with E-state index in [1.807, 2.05) is 50.2 Å². The fraction of sp³-hybridized carbons (Fsp3) is 0.200. The molecule has 0 unspecified atom stereocenters. The van der Waals surface area contributed by atoms with Gasteiger partial charge in [0.1, 0.15) is 24.7 Å². The predicted octanol–water partition coefficient (Wildman–Crippen LogP) is 3.90. The Bertz CT molecular complexity index is 857. The van der Waals surface area contributed by atoms with Gasteiger partial charge in [0, 0.05) is 5.56 Å². The number of para-hydroxylation sites is 1. The van der Waals surface area contributed by atoms with E-state index in [4.69, 9.17) is 14.9 Å². The molecule has 0 saturated carbocycles. The minimum atomic E-state index is -0.257. The molecule has 1 aliphatic rings. The van der Waals surface area contributed by atoms with E-state index < -0.39 is 0 Å². The zero-order valence-corrected chi connectivity index (χ0v) is 15.5. The smallest absolute Gasteiger partial charge is 0.264 e. The molecule has 1 amide bonds. The number of thioether (sulfide) groups is 1. The Morgan fingerprint density at radius 2 is 1.77 bits per heavy atom. The van der Waals surface area contributed by atoms with Crippen LogP contribution in [0.5, 0.6) is 11.5 Å². The summed E-state index contributed by atoms with van der Waals surface area (Å²) in [4.78, 5) is 12.3. The number of hydrogen-bond donors (Lipinski definition) is 2. The van der Waals surface area contributed by atoms with Crippen LogP contribution in [0.4, 0.5) is 0 Å². The van der Waals surface area contributed by atoms with Crippen LogP contribution < -0.4 is 14.8 Å². The van der Waals surface area contributed by atoms with Crippen LogP contribution in [0.25, 0.3) is 6.08 Å². The summed E-state index contributed by atoms with van der Waals surface area (Å²) in [6.07, 6.45) is 1.74. The normalized spacial score (nSPS) is 15.2. The monoisotopic (exact) mass is 368 g/mol. The lowest BCUT2D eigenvalue weighted by Gasteiger charge is -2.11. The summed E-state index contributed by atoms with van der Waals surface area (Å²) in [6, 6.07) is 13.6. The van der Waals surface area contributed by atoms with Crippen molar-refractivity contribution < 1.29 is 14.3 Å². The zero-order chi connectivity index (χ0) is 18.5. The van der Waals surface area contributed by atoms with Gasteiger partial charge in [-0.05, 0) is 61.0 Å². The largest absolute Gasteiger partial charge is 0.490 e. The summed E-state index contributed by atoms with van der Waals surface area (Å²) in [7, 11) is 0. The highest BCUT2D eigenvalue weighted by Gasteiger charge is 2.22. The number of hydrogen-bond acceptors (Lipinski definition) is 5. The highest BCUT2D eigenvalue weighted by atomic mass is 32.2. The second-order valence-electron chi connectivity index (χ2n) is 5.95. The fourth-order valence-electron chi connectivity index (χ4n) is 2.64. The Morgan fingerprint density at radius 1 is 1.08 bits per heavy atom. The SMILES string of the molecule is Cc1cc(C)cc(OCCOc2ccccc2/C=C2\SC(=N)NC2=O)c1. The highest BCUT2D eigenvalue weighted by molar-refractivity contribution is 8.18. The molecule has 1 saturated heterocycles. The second kappa shape index (κ2) is 8.10. The van der Waals surface area contributed by atoms with E-state index in [0.717, 1.165) is 34.2 Å². The first kappa shape index (κ1) is 18.1. The van der Waals surface area contributed by atoms with E-state index in [2.05, 4.69) is 11.4 Å². The van der Waals surface area contributed by atoms with Crippen molar-refractivity contribution in [3.8, 4) is 11.5 Å². The van der Waals surface area contributed by atoms with E-state index in [1.54, 1.807) is 6.08 Å². The van der Waals surface area contributed by atoms with Gasteiger partial charge in [-0.25, -0.2) is 0 Å². The first-order valence-corrected chi connectivity index (χ1v) is 9.05. The van der Waals surface area contributed by atoms with Crippen molar-refractivity contribution in [3.63, 3.8) is 0 Å². The minimum Gasteiger partial charge on any atom is -0.490 e. The standard InChI is InChI=1S/C20H20N2O3S/c1-13-9-14(2)11-16(10-13)24-7-8-25-17-6-4-3-5-15(17)12-18-19(23)22-20(21)26-18/h3-6,9-12H,7-8H2,1-2H3,(H2,21,22,23)/b18-12-. The molecule has 3 rings (SSSR count). The van der Waals surface area contributed by atoms with Gasteiger partial charge in [0.05, 0.1) is 4.91 Å². The first-order chi connectivity index (χ1) is 12.5. The second-order valence-corrected chi connectivity index (χ2v) is 7.00. The lowest BCUT2D eigenvalue weighted by atomic mass is 10.1. The third kappa shape index (κ3) is 4.67. The maximum Gasteiger partial charge on any atom is 0.264 e. The maximum absolute atomic E-state index is 11.8. The summed E-state index contributed by atoms with van der Waals surface area (Å²) >= 11 is 1.11. The van der Waals surface area contributed by atoms with Gasteiger partial charge in [-0.1, -0.05) is 24.3 Å². The number of benzene rings is 2. The van der Waals surface area contributed by atoms with E-state index in [9.17, 15) is 4.79 Å². The van der Waals surface area contributed by atoms with Crippen molar-refractivity contribution in [1.82, 2.24) is 5.32 Å². The molecule has 1 fully saturated rings. The van der Waals surface area contributed by atoms with Crippen LogP contribution in [0.1, 0.15) is 16.7 Å². The summed E-state index contributed by atoms with van der Waals surface area (Å²) in [6.45, 7) is 4.89. The van der Waals surface area contributed by atoms with Crippen molar-refractivity contribution in [2.75, 3.05) is 13.2 Å². The van der Waals surface area contributed by atoms with E-state index >= 15 is 0 Å². The third-order valence-electron chi connectivity index (χ3n) is 3.67. The lowest BCUT2D eigenvalue weighted by molar-refractivity contribution is -0.115. The van der Waals surface area contributed by atoms with Gasteiger partial charge < -0.3 is 14.8 Å². The van der Waals surface area contributed by atoms with Crippen LogP contribution in [-0.2, 0) is 4.79 Å². The number of nitrogens with one attached hydrogen (secondary N) is 2. The molecule has 134 valence electrons. The minimum absolute atomic E-state index is 0.140. The van der Waals surface area contributed by atoms with Crippen LogP contribution in [-0.4, -0.2) is 24.3 Å². The Morgan fingerprint density at radius 3 is 2.46 bits per heavy atom. The molecule has 2 aromatic rings. The summed E-state index contributed by atoms with van der Waals surface area (Å²) in [5.41, 5.74) is 3.12. The Hall–Kier alpha value is -2.73. The molecule has 0 atom stereocenters. The van der Waals surface area contributed by atoms with Crippen LogP contribution in [0.2, 0.25) is 0 Å². The molecule has 0 bridgehead atoms.